The van der Waals surface area contributed by atoms with Gasteiger partial charge in [-0.15, -0.1) is 0 Å². The topological polar surface area (TPSA) is 13.0 Å². The molecular formula is C56H45BN4. The summed E-state index contributed by atoms with van der Waals surface area (Å²) >= 11 is 0. The van der Waals surface area contributed by atoms with Crippen LogP contribution >= 0.6 is 0 Å². The molecule has 0 amide bonds. The minimum Gasteiger partial charge on any atom is -0.335 e. The minimum atomic E-state index is -0.221. The van der Waals surface area contributed by atoms with Gasteiger partial charge in [-0.05, 0) is 120 Å². The van der Waals surface area contributed by atoms with E-state index in [2.05, 4.69) is 247 Å². The Kier molecular flexibility index (Phi) is 7.68. The molecule has 0 aromatic heterocycles. The number of hydrogen-bond donors (Lipinski definition) is 0. The first kappa shape index (κ1) is 35.7. The van der Waals surface area contributed by atoms with Crippen molar-refractivity contribution in [2.75, 3.05) is 19.6 Å². The molecule has 0 fully saturated rings. The lowest BCUT2D eigenvalue weighted by Gasteiger charge is -2.45. The summed E-state index contributed by atoms with van der Waals surface area (Å²) in [6.07, 6.45) is 0. The summed E-state index contributed by atoms with van der Waals surface area (Å²) in [6, 6.07) is 74.0. The summed E-state index contributed by atoms with van der Waals surface area (Å²) < 4.78 is 0. The molecule has 5 heteroatoms. The third kappa shape index (κ3) is 4.95. The van der Waals surface area contributed by atoms with Crippen molar-refractivity contribution in [1.82, 2.24) is 0 Å². The van der Waals surface area contributed by atoms with E-state index in [1.165, 1.54) is 72.9 Å². The van der Waals surface area contributed by atoms with Crippen LogP contribution in [0.5, 0.6) is 0 Å². The van der Waals surface area contributed by atoms with Gasteiger partial charge in [-0.1, -0.05) is 135 Å². The molecule has 0 unspecified atom stereocenters. The number of rotatable bonds is 4. The van der Waals surface area contributed by atoms with Crippen molar-refractivity contribution in [2.24, 2.45) is 0 Å². The first-order valence-corrected chi connectivity index (χ1v) is 21.5. The summed E-state index contributed by atoms with van der Waals surface area (Å²) in [5, 5.41) is 0. The van der Waals surface area contributed by atoms with E-state index < -0.39 is 0 Å². The van der Waals surface area contributed by atoms with Gasteiger partial charge in [-0.25, -0.2) is 0 Å². The first-order chi connectivity index (χ1) is 29.8. The van der Waals surface area contributed by atoms with Crippen LogP contribution in [0, 0.1) is 0 Å². The molecule has 4 nitrogen and oxygen atoms in total. The number of benzene rings is 8. The number of anilines is 10. The molecule has 8 aromatic rings. The van der Waals surface area contributed by atoms with Crippen LogP contribution in [0.15, 0.2) is 200 Å². The van der Waals surface area contributed by atoms with Crippen LogP contribution in [0.3, 0.4) is 0 Å². The zero-order valence-corrected chi connectivity index (χ0v) is 34.9. The quantitative estimate of drug-likeness (QED) is 0.165. The minimum absolute atomic E-state index is 0.0870. The van der Waals surface area contributed by atoms with Gasteiger partial charge in [0.25, 0.3) is 6.71 Å². The van der Waals surface area contributed by atoms with E-state index in [1.54, 1.807) is 0 Å². The van der Waals surface area contributed by atoms with E-state index in [9.17, 15) is 0 Å². The molecule has 292 valence electrons. The van der Waals surface area contributed by atoms with E-state index in [0.29, 0.717) is 0 Å². The molecule has 0 N–H and O–H groups in total. The molecule has 12 rings (SSSR count). The van der Waals surface area contributed by atoms with E-state index in [1.807, 2.05) is 0 Å². The molecule has 0 spiro atoms. The molecule has 61 heavy (non-hydrogen) atoms. The standard InChI is InChI=1S/C56H45BN4/c1-55(2)44-36-45-51(37-50(44)61(56(55,3)4)41-28-15-8-16-29-41)59(39-24-11-6-12-25-39)48-34-21-35-49-53(48)57(45)52-42-30-17-19-32-46(42)58(38-22-9-5-10-23-38)47-33-20-18-31-43(47)54(52)60(49)40-26-13-7-14-27-40/h5-37H,1-4H3. The molecule has 0 radical (unpaired) electrons. The molecule has 8 aromatic carbocycles. The number of para-hydroxylation sites is 6. The molecule has 0 aliphatic carbocycles. The van der Waals surface area contributed by atoms with Gasteiger partial charge in [0.2, 0.25) is 0 Å². The number of hydrogen-bond acceptors (Lipinski definition) is 4. The summed E-state index contributed by atoms with van der Waals surface area (Å²) in [6.45, 7) is 9.62. The fraction of sp³-hybridized carbons (Fsp3) is 0.107. The van der Waals surface area contributed by atoms with Crippen molar-refractivity contribution < 1.29 is 0 Å². The van der Waals surface area contributed by atoms with Crippen molar-refractivity contribution in [1.29, 1.82) is 0 Å². The van der Waals surface area contributed by atoms with Gasteiger partial charge < -0.3 is 19.6 Å². The second kappa shape index (κ2) is 13.1. The Balaban J connectivity index is 1.24. The molecular weight excluding hydrogens is 739 g/mol. The van der Waals surface area contributed by atoms with Gasteiger partial charge in [0, 0.05) is 62.0 Å². The summed E-state index contributed by atoms with van der Waals surface area (Å²) in [4.78, 5) is 10.2. The lowest BCUT2D eigenvalue weighted by atomic mass is 9.31. The summed E-state index contributed by atoms with van der Waals surface area (Å²) in [5.74, 6) is 0. The average Bonchev–Trinajstić information content (AvgIpc) is 3.37. The second-order valence-corrected chi connectivity index (χ2v) is 17.7. The maximum atomic E-state index is 2.60. The highest BCUT2D eigenvalue weighted by Crippen LogP contribution is 2.59. The van der Waals surface area contributed by atoms with Gasteiger partial charge >= 0.3 is 0 Å². The SMILES string of the molecule is CC1(C)c2cc3c(cc2N(c2ccccc2)C1(C)C)N(c1ccccc1)c1cccc2c1B3C1=C(c3ccccc3N(c3ccccc3)c3ccccc31)N2c1ccccc1. The third-order valence-electron chi connectivity index (χ3n) is 14.2. The monoisotopic (exact) mass is 784 g/mol. The maximum absolute atomic E-state index is 2.60. The first-order valence-electron chi connectivity index (χ1n) is 21.5. The van der Waals surface area contributed by atoms with Gasteiger partial charge in [0.1, 0.15) is 0 Å². The van der Waals surface area contributed by atoms with Gasteiger partial charge in [0.05, 0.1) is 17.1 Å². The van der Waals surface area contributed by atoms with Crippen molar-refractivity contribution in [3.8, 4) is 0 Å². The van der Waals surface area contributed by atoms with Gasteiger partial charge in [0.15, 0.2) is 0 Å². The van der Waals surface area contributed by atoms with E-state index in [-0.39, 0.29) is 17.7 Å². The Labute approximate surface area is 359 Å². The lowest BCUT2D eigenvalue weighted by Crippen LogP contribution is -2.55. The lowest BCUT2D eigenvalue weighted by molar-refractivity contribution is 0.330. The summed E-state index contributed by atoms with van der Waals surface area (Å²) in [5.41, 5.74) is 20.4. The molecule has 4 aliphatic rings. The third-order valence-corrected chi connectivity index (χ3v) is 14.2. The zero-order valence-electron chi connectivity index (χ0n) is 34.9. The Hall–Kier alpha value is -7.24. The van der Waals surface area contributed by atoms with Crippen LogP contribution in [0.2, 0.25) is 0 Å². The Morgan fingerprint density at radius 2 is 0.820 bits per heavy atom. The van der Waals surface area contributed by atoms with Crippen molar-refractivity contribution in [3.05, 3.63) is 217 Å². The van der Waals surface area contributed by atoms with Crippen LogP contribution in [0.4, 0.5) is 56.9 Å². The van der Waals surface area contributed by atoms with Crippen molar-refractivity contribution in [3.63, 3.8) is 0 Å². The Bertz CT molecular complexity index is 3050. The predicted molar refractivity (Wildman–Crippen MR) is 258 cm³/mol. The van der Waals surface area contributed by atoms with E-state index >= 15 is 0 Å². The number of fused-ring (bicyclic) bond motifs is 8. The normalized spacial score (nSPS) is 16.2. The van der Waals surface area contributed by atoms with E-state index in [0.717, 1.165) is 22.7 Å². The molecule has 4 aliphatic heterocycles. The fourth-order valence-corrected chi connectivity index (χ4v) is 10.8. The highest BCUT2D eigenvalue weighted by molar-refractivity contribution is 7.04. The average molecular weight is 785 g/mol. The molecule has 0 atom stereocenters. The second-order valence-electron chi connectivity index (χ2n) is 17.7. The van der Waals surface area contributed by atoms with Crippen molar-refractivity contribution in [2.45, 2.75) is 38.6 Å². The summed E-state index contributed by atoms with van der Waals surface area (Å²) in [7, 11) is 0. The van der Waals surface area contributed by atoms with Gasteiger partial charge in [-0.2, -0.15) is 0 Å². The van der Waals surface area contributed by atoms with Gasteiger partial charge in [-0.3, -0.25) is 0 Å². The Morgan fingerprint density at radius 3 is 1.41 bits per heavy atom. The van der Waals surface area contributed by atoms with Crippen LogP contribution in [-0.2, 0) is 5.41 Å². The highest BCUT2D eigenvalue weighted by atomic mass is 15.3. The smallest absolute Gasteiger partial charge is 0.253 e. The largest absolute Gasteiger partial charge is 0.335 e. The molecule has 0 saturated carbocycles. The van der Waals surface area contributed by atoms with Crippen molar-refractivity contribution >= 4 is 85.7 Å². The zero-order chi connectivity index (χ0) is 41.0. The Morgan fingerprint density at radius 1 is 0.377 bits per heavy atom. The predicted octanol–water partition coefficient (Wildman–Crippen LogP) is 13.3. The van der Waals surface area contributed by atoms with Crippen LogP contribution in [-0.4, -0.2) is 12.3 Å². The van der Waals surface area contributed by atoms with Crippen LogP contribution in [0.25, 0.3) is 11.2 Å². The number of nitrogens with zero attached hydrogens (tertiary/aromatic N) is 4. The highest BCUT2D eigenvalue weighted by Gasteiger charge is 2.54. The van der Waals surface area contributed by atoms with E-state index in [4.69, 9.17) is 0 Å². The fourth-order valence-electron chi connectivity index (χ4n) is 10.8. The maximum Gasteiger partial charge on any atom is 0.253 e. The molecule has 0 bridgehead atoms. The molecule has 4 heterocycles. The molecule has 0 saturated heterocycles. The van der Waals surface area contributed by atoms with Crippen LogP contribution < -0.4 is 30.5 Å². The van der Waals surface area contributed by atoms with Crippen LogP contribution in [0.1, 0.15) is 44.4 Å².